The van der Waals surface area contributed by atoms with Crippen molar-refractivity contribution in [3.05, 3.63) is 83.6 Å². The molecule has 2 fully saturated rings. The van der Waals surface area contributed by atoms with Crippen LogP contribution in [0.4, 0.5) is 0 Å². The van der Waals surface area contributed by atoms with E-state index in [1.165, 1.54) is 42.3 Å². The van der Waals surface area contributed by atoms with Crippen LogP contribution in [-0.2, 0) is 24.4 Å². The second-order valence-corrected chi connectivity index (χ2v) is 12.8. The van der Waals surface area contributed by atoms with Gasteiger partial charge in [-0.3, -0.25) is 9.59 Å². The molecule has 226 valence electrons. The standard InChI is InChI=1S/C36H39N5O3/c1-23(42)9-10-24-11-14-29-31(19-24)41(4)35(37-29)36(16-17-39(2)22-36)38-34(43)26-12-13-28-30(20-26)40(3)33(27-15-18-44-21-27)32(28)25-7-5-6-8-25/h9-15,18-21,25H,5-8,16-17,22H2,1-4H3,(H,38,43)/b10-9+/t36-/m0/s1. The third kappa shape index (κ3) is 4.78. The molecule has 8 nitrogen and oxygen atoms in total. The number of carbonyl (C=O) groups excluding carboxylic acids is 2. The first-order chi connectivity index (χ1) is 21.2. The Morgan fingerprint density at radius 2 is 1.84 bits per heavy atom. The number of fused-ring (bicyclic) bond motifs is 2. The number of likely N-dealkylation sites (N-methyl/N-ethyl adjacent to an activating group) is 1. The number of benzene rings is 2. The molecule has 8 heteroatoms. The molecule has 0 radical (unpaired) electrons. The molecule has 1 atom stereocenters. The number of ketones is 1. The van der Waals surface area contributed by atoms with Gasteiger partial charge in [-0.05, 0) is 86.7 Å². The summed E-state index contributed by atoms with van der Waals surface area (Å²) in [5.41, 5.74) is 7.45. The van der Waals surface area contributed by atoms with Crippen LogP contribution in [0.3, 0.4) is 0 Å². The number of nitrogens with one attached hydrogen (secondary N) is 1. The summed E-state index contributed by atoms with van der Waals surface area (Å²) in [5.74, 6) is 1.25. The van der Waals surface area contributed by atoms with Gasteiger partial charge in [-0.15, -0.1) is 0 Å². The summed E-state index contributed by atoms with van der Waals surface area (Å²) in [4.78, 5) is 32.9. The predicted molar refractivity (Wildman–Crippen MR) is 174 cm³/mol. The van der Waals surface area contributed by atoms with E-state index in [4.69, 9.17) is 9.40 Å². The Morgan fingerprint density at radius 3 is 2.55 bits per heavy atom. The van der Waals surface area contributed by atoms with Gasteiger partial charge in [0.05, 0.1) is 29.3 Å². The number of imidazole rings is 1. The minimum Gasteiger partial charge on any atom is -0.472 e. The number of carbonyl (C=O) groups is 2. The van der Waals surface area contributed by atoms with Gasteiger partial charge in [-0.2, -0.15) is 0 Å². The lowest BCUT2D eigenvalue weighted by Crippen LogP contribution is -2.49. The van der Waals surface area contributed by atoms with Gasteiger partial charge in [-0.25, -0.2) is 4.98 Å². The van der Waals surface area contributed by atoms with Crippen LogP contribution in [-0.4, -0.2) is 50.8 Å². The van der Waals surface area contributed by atoms with Crippen LogP contribution in [0.15, 0.2) is 65.5 Å². The summed E-state index contributed by atoms with van der Waals surface area (Å²) < 4.78 is 9.81. The van der Waals surface area contributed by atoms with Gasteiger partial charge in [0.25, 0.3) is 5.91 Å². The fourth-order valence-corrected chi connectivity index (χ4v) is 7.57. The number of hydrogen-bond donors (Lipinski definition) is 1. The van der Waals surface area contributed by atoms with Crippen LogP contribution in [0.2, 0.25) is 0 Å². The molecule has 1 saturated heterocycles. The average molecular weight is 590 g/mol. The molecule has 4 heterocycles. The Kier molecular flexibility index (Phi) is 7.04. The highest BCUT2D eigenvalue weighted by molar-refractivity contribution is 6.01. The van der Waals surface area contributed by atoms with E-state index in [1.54, 1.807) is 19.3 Å². The molecule has 1 aliphatic carbocycles. The molecule has 2 aromatic carbocycles. The van der Waals surface area contributed by atoms with Crippen molar-refractivity contribution in [3.63, 3.8) is 0 Å². The highest BCUT2D eigenvalue weighted by atomic mass is 16.3. The predicted octanol–water partition coefficient (Wildman–Crippen LogP) is 6.55. The number of likely N-dealkylation sites (tertiary alicyclic amines) is 1. The average Bonchev–Trinajstić information content (AvgIpc) is 3.84. The van der Waals surface area contributed by atoms with Gasteiger partial charge in [0.15, 0.2) is 5.78 Å². The zero-order valence-corrected chi connectivity index (χ0v) is 25.9. The molecule has 5 aromatic rings. The van der Waals surface area contributed by atoms with Gasteiger partial charge in [0.2, 0.25) is 0 Å². The number of furan rings is 1. The molecule has 0 bridgehead atoms. The van der Waals surface area contributed by atoms with Crippen molar-refractivity contribution in [1.82, 2.24) is 24.3 Å². The Labute approximate surface area is 257 Å². The first kappa shape index (κ1) is 28.3. The van der Waals surface area contributed by atoms with Gasteiger partial charge >= 0.3 is 0 Å². The van der Waals surface area contributed by atoms with E-state index in [2.05, 4.69) is 39.5 Å². The maximum atomic E-state index is 14.1. The quantitative estimate of drug-likeness (QED) is 0.218. The van der Waals surface area contributed by atoms with E-state index >= 15 is 0 Å². The molecule has 3 aromatic heterocycles. The summed E-state index contributed by atoms with van der Waals surface area (Å²) in [5, 5.41) is 4.67. The lowest BCUT2D eigenvalue weighted by molar-refractivity contribution is -0.112. The van der Waals surface area contributed by atoms with Crippen LogP contribution in [0.25, 0.3) is 39.3 Å². The molecular formula is C36H39N5O3. The molecule has 1 aliphatic heterocycles. The van der Waals surface area contributed by atoms with Crippen LogP contribution in [0.1, 0.15) is 72.3 Å². The topological polar surface area (TPSA) is 85.3 Å². The highest BCUT2D eigenvalue weighted by Crippen LogP contribution is 2.45. The van der Waals surface area contributed by atoms with Crippen LogP contribution >= 0.6 is 0 Å². The maximum absolute atomic E-state index is 14.1. The molecule has 0 spiro atoms. The number of aryl methyl sites for hydroxylation is 2. The molecule has 1 N–H and O–H groups in total. The van der Waals surface area contributed by atoms with E-state index < -0.39 is 5.54 Å². The third-order valence-corrected chi connectivity index (χ3v) is 9.72. The van der Waals surface area contributed by atoms with Crippen LogP contribution < -0.4 is 5.32 Å². The van der Waals surface area contributed by atoms with E-state index in [0.29, 0.717) is 18.0 Å². The number of rotatable bonds is 7. The Bertz CT molecular complexity index is 1920. The molecule has 0 unspecified atom stereocenters. The van der Waals surface area contributed by atoms with Gasteiger partial charge in [-0.1, -0.05) is 31.1 Å². The number of nitrogens with zero attached hydrogens (tertiary/aromatic N) is 4. The zero-order valence-electron chi connectivity index (χ0n) is 25.9. The van der Waals surface area contributed by atoms with Crippen molar-refractivity contribution >= 4 is 39.7 Å². The second-order valence-electron chi connectivity index (χ2n) is 12.8. The Hall–Kier alpha value is -4.43. The summed E-state index contributed by atoms with van der Waals surface area (Å²) >= 11 is 0. The number of aromatic nitrogens is 3. The van der Waals surface area contributed by atoms with Gasteiger partial charge in [0, 0.05) is 49.2 Å². The first-order valence-corrected chi connectivity index (χ1v) is 15.6. The third-order valence-electron chi connectivity index (χ3n) is 9.72. The monoisotopic (exact) mass is 589 g/mol. The van der Waals surface area contributed by atoms with Crippen molar-refractivity contribution in [2.75, 3.05) is 20.1 Å². The Morgan fingerprint density at radius 1 is 1.02 bits per heavy atom. The lowest BCUT2D eigenvalue weighted by atomic mass is 9.92. The molecule has 1 amide bonds. The molecule has 1 saturated carbocycles. The maximum Gasteiger partial charge on any atom is 0.252 e. The molecular weight excluding hydrogens is 550 g/mol. The van der Waals surface area contributed by atoms with Crippen molar-refractivity contribution < 1.29 is 14.0 Å². The lowest BCUT2D eigenvalue weighted by Gasteiger charge is -2.30. The largest absolute Gasteiger partial charge is 0.472 e. The summed E-state index contributed by atoms with van der Waals surface area (Å²) in [6, 6.07) is 14.2. The number of allylic oxidation sites excluding steroid dienone is 1. The summed E-state index contributed by atoms with van der Waals surface area (Å²) in [6.45, 7) is 3.06. The van der Waals surface area contributed by atoms with E-state index in [9.17, 15) is 9.59 Å². The van der Waals surface area contributed by atoms with Gasteiger partial charge < -0.3 is 23.8 Å². The van der Waals surface area contributed by atoms with Crippen molar-refractivity contribution in [1.29, 1.82) is 0 Å². The second kappa shape index (κ2) is 10.9. The fraction of sp³-hybridized carbons (Fsp3) is 0.361. The van der Waals surface area contributed by atoms with Crippen molar-refractivity contribution in [2.24, 2.45) is 14.1 Å². The van der Waals surface area contributed by atoms with Crippen molar-refractivity contribution in [2.45, 2.75) is 50.5 Å². The van der Waals surface area contributed by atoms with E-state index in [-0.39, 0.29) is 11.7 Å². The minimum absolute atomic E-state index is 0.00689. The van der Waals surface area contributed by atoms with Crippen LogP contribution in [0.5, 0.6) is 0 Å². The van der Waals surface area contributed by atoms with Crippen molar-refractivity contribution in [3.8, 4) is 11.3 Å². The molecule has 2 aliphatic rings. The summed E-state index contributed by atoms with van der Waals surface area (Å²) in [6.07, 6.45) is 12.6. The zero-order chi connectivity index (χ0) is 30.6. The molecule has 7 rings (SSSR count). The van der Waals surface area contributed by atoms with E-state index in [1.807, 2.05) is 55.8 Å². The Balaban J connectivity index is 1.27. The summed E-state index contributed by atoms with van der Waals surface area (Å²) in [7, 11) is 6.18. The van der Waals surface area contributed by atoms with E-state index in [0.717, 1.165) is 46.5 Å². The first-order valence-electron chi connectivity index (χ1n) is 15.6. The highest BCUT2D eigenvalue weighted by Gasteiger charge is 2.43. The number of hydrogen-bond acceptors (Lipinski definition) is 5. The van der Waals surface area contributed by atoms with Gasteiger partial charge in [0.1, 0.15) is 11.4 Å². The van der Waals surface area contributed by atoms with Crippen LogP contribution in [0, 0.1) is 0 Å². The SMILES string of the molecule is CC(=O)/C=C/c1ccc2nc([C@]3(NC(=O)c4ccc5c(C6CCCC6)c(-c6ccoc6)n(C)c5c4)CCN(C)C3)n(C)c2c1. The smallest absolute Gasteiger partial charge is 0.252 e. The molecule has 44 heavy (non-hydrogen) atoms. The number of amides is 1. The normalized spacial score (nSPS) is 19.6. The fourth-order valence-electron chi connectivity index (χ4n) is 7.57. The minimum atomic E-state index is -0.644.